The molecule has 5 rings (SSSR count). The molecule has 0 aliphatic carbocycles. The molecule has 2 N–H and O–H groups in total. The quantitative estimate of drug-likeness (QED) is 0.507. The molecule has 1 fully saturated rings. The smallest absolute Gasteiger partial charge is 0.170 e. The Morgan fingerprint density at radius 1 is 0.967 bits per heavy atom. The largest absolute Gasteiger partial charge is 0.399 e. The number of Topliss-reactive ketones (excluding diaryl/α,β-unsaturated/α-hetero) is 1. The van der Waals surface area contributed by atoms with Crippen molar-refractivity contribution in [2.75, 3.05) is 23.7 Å². The number of aromatic nitrogens is 4. The van der Waals surface area contributed by atoms with Crippen LogP contribution in [0, 0.1) is 0 Å². The first kappa shape index (κ1) is 18.6. The van der Waals surface area contributed by atoms with E-state index in [9.17, 15) is 4.79 Å². The fourth-order valence-electron chi connectivity index (χ4n) is 3.77. The third-order valence-electron chi connectivity index (χ3n) is 5.31. The first-order valence-corrected chi connectivity index (χ1v) is 10.1. The molecule has 0 radical (unpaired) electrons. The fraction of sp³-hybridized carbons (Fsp3) is 0.182. The van der Waals surface area contributed by atoms with Gasteiger partial charge in [0, 0.05) is 42.9 Å². The van der Waals surface area contributed by atoms with Crippen molar-refractivity contribution in [2.24, 2.45) is 0 Å². The van der Waals surface area contributed by atoms with Gasteiger partial charge in [-0.05, 0) is 36.4 Å². The molecule has 0 bridgehead atoms. The number of imidazole rings is 1. The number of benzene rings is 2. The number of hydrogen-bond donors (Lipinski definition) is 1. The van der Waals surface area contributed by atoms with E-state index in [1.54, 1.807) is 6.33 Å². The van der Waals surface area contributed by atoms with Crippen molar-refractivity contribution in [1.82, 2.24) is 19.5 Å². The standard InChI is InChI=1S/C22H19ClN6O/c23-18-4-2-1-3-17(18)20-27-19-21(28-11-9-16(30)10-12-28)25-13-26-22(19)29(20)15-7-5-14(24)6-8-15/h1-8,13H,9-12,24H2. The molecule has 1 aliphatic rings. The summed E-state index contributed by atoms with van der Waals surface area (Å²) < 4.78 is 1.97. The summed E-state index contributed by atoms with van der Waals surface area (Å²) in [6.45, 7) is 1.25. The lowest BCUT2D eigenvalue weighted by atomic mass is 10.1. The zero-order chi connectivity index (χ0) is 20.7. The molecule has 2 aromatic heterocycles. The van der Waals surface area contributed by atoms with E-state index in [0.29, 0.717) is 53.6 Å². The molecule has 1 aliphatic heterocycles. The minimum Gasteiger partial charge on any atom is -0.399 e. The molecule has 1 saturated heterocycles. The van der Waals surface area contributed by atoms with Gasteiger partial charge in [-0.25, -0.2) is 15.0 Å². The Morgan fingerprint density at radius 3 is 2.43 bits per heavy atom. The van der Waals surface area contributed by atoms with E-state index in [1.807, 2.05) is 53.1 Å². The maximum absolute atomic E-state index is 11.7. The summed E-state index contributed by atoms with van der Waals surface area (Å²) in [4.78, 5) is 27.8. The molecule has 30 heavy (non-hydrogen) atoms. The number of anilines is 2. The average molecular weight is 419 g/mol. The van der Waals surface area contributed by atoms with Gasteiger partial charge in [0.05, 0.1) is 5.02 Å². The number of carbonyl (C=O) groups is 1. The second-order valence-electron chi connectivity index (χ2n) is 7.24. The number of nitrogen functional groups attached to an aromatic ring is 1. The molecule has 3 heterocycles. The van der Waals surface area contributed by atoms with Crippen LogP contribution in [0.1, 0.15) is 12.8 Å². The van der Waals surface area contributed by atoms with E-state index < -0.39 is 0 Å². The maximum Gasteiger partial charge on any atom is 0.170 e. The number of nitrogens with two attached hydrogens (primary N) is 1. The Bertz CT molecular complexity index is 1240. The van der Waals surface area contributed by atoms with E-state index in [0.717, 1.165) is 17.1 Å². The molecule has 0 amide bonds. The van der Waals surface area contributed by atoms with Gasteiger partial charge in [-0.15, -0.1) is 0 Å². The molecule has 8 heteroatoms. The Labute approximate surface area is 178 Å². The van der Waals surface area contributed by atoms with Crippen molar-refractivity contribution in [3.05, 3.63) is 59.9 Å². The van der Waals surface area contributed by atoms with Crippen molar-refractivity contribution < 1.29 is 4.79 Å². The zero-order valence-corrected chi connectivity index (χ0v) is 16.9. The van der Waals surface area contributed by atoms with Gasteiger partial charge in [-0.1, -0.05) is 23.7 Å². The SMILES string of the molecule is Nc1ccc(-n2c(-c3ccccc3Cl)nc3c(N4CCC(=O)CC4)ncnc32)cc1. The van der Waals surface area contributed by atoms with Crippen LogP contribution in [0.2, 0.25) is 5.02 Å². The second-order valence-corrected chi connectivity index (χ2v) is 7.64. The summed E-state index contributed by atoms with van der Waals surface area (Å²) in [6, 6.07) is 15.1. The van der Waals surface area contributed by atoms with Crippen molar-refractivity contribution >= 4 is 40.1 Å². The molecule has 0 saturated carbocycles. The van der Waals surface area contributed by atoms with Crippen molar-refractivity contribution in [3.63, 3.8) is 0 Å². The van der Waals surface area contributed by atoms with Gasteiger partial charge in [0.2, 0.25) is 0 Å². The van der Waals surface area contributed by atoms with E-state index in [1.165, 1.54) is 0 Å². The van der Waals surface area contributed by atoms with Crippen molar-refractivity contribution in [1.29, 1.82) is 0 Å². The van der Waals surface area contributed by atoms with Crippen LogP contribution < -0.4 is 10.6 Å². The molecular weight excluding hydrogens is 400 g/mol. The highest BCUT2D eigenvalue weighted by Gasteiger charge is 2.24. The summed E-state index contributed by atoms with van der Waals surface area (Å²) in [6.07, 6.45) is 2.57. The van der Waals surface area contributed by atoms with Crippen LogP contribution >= 0.6 is 11.6 Å². The monoisotopic (exact) mass is 418 g/mol. The van der Waals surface area contributed by atoms with E-state index >= 15 is 0 Å². The lowest BCUT2D eigenvalue weighted by Gasteiger charge is -2.26. The third kappa shape index (κ3) is 3.17. The number of carbonyl (C=O) groups excluding carboxylic acids is 1. The van der Waals surface area contributed by atoms with Crippen LogP contribution in [-0.2, 0) is 4.79 Å². The number of piperidine rings is 1. The lowest BCUT2D eigenvalue weighted by molar-refractivity contribution is -0.119. The second kappa shape index (κ2) is 7.42. The molecule has 0 atom stereocenters. The van der Waals surface area contributed by atoms with Gasteiger partial charge in [-0.3, -0.25) is 9.36 Å². The van der Waals surface area contributed by atoms with Gasteiger partial charge < -0.3 is 10.6 Å². The Balaban J connectivity index is 1.76. The Hall–Kier alpha value is -3.45. The predicted octanol–water partition coefficient (Wildman–Crippen LogP) is 3.89. The van der Waals surface area contributed by atoms with E-state index in [2.05, 4.69) is 14.9 Å². The fourth-order valence-corrected chi connectivity index (χ4v) is 3.99. The molecule has 4 aromatic rings. The molecule has 0 spiro atoms. The lowest BCUT2D eigenvalue weighted by Crippen LogP contribution is -2.34. The highest BCUT2D eigenvalue weighted by Crippen LogP contribution is 2.35. The summed E-state index contributed by atoms with van der Waals surface area (Å²) in [7, 11) is 0. The number of hydrogen-bond acceptors (Lipinski definition) is 6. The number of halogens is 1. The number of ketones is 1. The minimum atomic E-state index is 0.278. The minimum absolute atomic E-state index is 0.278. The summed E-state index contributed by atoms with van der Waals surface area (Å²) >= 11 is 6.52. The normalized spacial score (nSPS) is 14.4. The van der Waals surface area contributed by atoms with Gasteiger partial charge in [0.25, 0.3) is 0 Å². The summed E-state index contributed by atoms with van der Waals surface area (Å²) in [5.41, 5.74) is 9.60. The van der Waals surface area contributed by atoms with E-state index in [-0.39, 0.29) is 5.78 Å². The number of fused-ring (bicyclic) bond motifs is 1. The first-order valence-electron chi connectivity index (χ1n) is 9.73. The van der Waals surface area contributed by atoms with Crippen LogP contribution in [0.4, 0.5) is 11.5 Å². The summed E-state index contributed by atoms with van der Waals surface area (Å²) in [5.74, 6) is 1.69. The third-order valence-corrected chi connectivity index (χ3v) is 5.64. The molecule has 7 nitrogen and oxygen atoms in total. The van der Waals surface area contributed by atoms with Crippen molar-refractivity contribution in [2.45, 2.75) is 12.8 Å². The van der Waals surface area contributed by atoms with Gasteiger partial charge in [0.1, 0.15) is 17.9 Å². The predicted molar refractivity (Wildman–Crippen MR) is 118 cm³/mol. The van der Waals surface area contributed by atoms with Crippen LogP contribution in [-0.4, -0.2) is 38.4 Å². The van der Waals surface area contributed by atoms with Gasteiger partial charge in [0.15, 0.2) is 17.0 Å². The highest BCUT2D eigenvalue weighted by atomic mass is 35.5. The zero-order valence-electron chi connectivity index (χ0n) is 16.1. The molecule has 150 valence electrons. The average Bonchev–Trinajstić information content (AvgIpc) is 3.15. The topological polar surface area (TPSA) is 89.9 Å². The number of rotatable bonds is 3. The van der Waals surface area contributed by atoms with Crippen molar-refractivity contribution in [3.8, 4) is 17.1 Å². The van der Waals surface area contributed by atoms with Gasteiger partial charge in [-0.2, -0.15) is 0 Å². The molecular formula is C22H19ClN6O. The number of nitrogens with zero attached hydrogens (tertiary/aromatic N) is 5. The van der Waals surface area contributed by atoms with Gasteiger partial charge >= 0.3 is 0 Å². The maximum atomic E-state index is 11.7. The molecule has 2 aromatic carbocycles. The Morgan fingerprint density at radius 2 is 1.70 bits per heavy atom. The van der Waals surface area contributed by atoms with Crippen LogP contribution in [0.5, 0.6) is 0 Å². The highest BCUT2D eigenvalue weighted by molar-refractivity contribution is 6.33. The summed E-state index contributed by atoms with van der Waals surface area (Å²) in [5, 5.41) is 0.600. The van der Waals surface area contributed by atoms with Crippen LogP contribution in [0.15, 0.2) is 54.9 Å². The van der Waals surface area contributed by atoms with Crippen LogP contribution in [0.25, 0.3) is 28.2 Å². The van der Waals surface area contributed by atoms with E-state index in [4.69, 9.17) is 22.3 Å². The molecule has 0 unspecified atom stereocenters. The Kier molecular flexibility index (Phi) is 4.59. The van der Waals surface area contributed by atoms with Crippen LogP contribution in [0.3, 0.4) is 0 Å². The first-order chi connectivity index (χ1) is 14.6.